The van der Waals surface area contributed by atoms with Gasteiger partial charge in [-0.05, 0) is 30.8 Å². The summed E-state index contributed by atoms with van der Waals surface area (Å²) in [6.45, 7) is 12.3. The van der Waals surface area contributed by atoms with Crippen LogP contribution in [0.4, 0.5) is 8.78 Å². The third kappa shape index (κ3) is 7.34. The summed E-state index contributed by atoms with van der Waals surface area (Å²) in [6.07, 6.45) is 0.933. The summed E-state index contributed by atoms with van der Waals surface area (Å²) in [5.74, 6) is -1.93. The number of nitrogens with one attached hydrogen (secondary N) is 1. The highest BCUT2D eigenvalue weighted by Crippen LogP contribution is 2.30. The number of halogens is 2. The van der Waals surface area contributed by atoms with Crippen molar-refractivity contribution in [1.82, 2.24) is 15.1 Å². The van der Waals surface area contributed by atoms with Crippen LogP contribution in [0.3, 0.4) is 0 Å². The Kier molecular flexibility index (Phi) is 9.45. The molecule has 0 saturated carbocycles. The van der Waals surface area contributed by atoms with E-state index in [-0.39, 0.29) is 12.3 Å². The third-order valence-electron chi connectivity index (χ3n) is 5.13. The molecule has 0 heterocycles. The quantitative estimate of drug-likeness (QED) is 0.243. The number of hydrogen-bond donors (Lipinski definition) is 1. The van der Waals surface area contributed by atoms with E-state index in [1.54, 1.807) is 19.2 Å². The lowest BCUT2D eigenvalue weighted by Gasteiger charge is -2.32. The zero-order chi connectivity index (χ0) is 24.4. The highest BCUT2D eigenvalue weighted by atomic mass is 19.3. The molecule has 0 radical (unpaired) electrons. The molecule has 0 bridgehead atoms. The van der Waals surface area contributed by atoms with Crippen LogP contribution in [0.1, 0.15) is 31.4 Å². The smallest absolute Gasteiger partial charge is 0.270 e. The summed E-state index contributed by atoms with van der Waals surface area (Å²) < 4.78 is 33.6. The number of rotatable bonds is 13. The predicted octanol–water partition coefficient (Wildman–Crippen LogP) is 5.58. The molecule has 0 aliphatic carbocycles. The Morgan fingerprint density at radius 1 is 1.15 bits per heavy atom. The monoisotopic (exact) mass is 456 g/mol. The number of hydrogen-bond acceptors (Lipinski definition) is 5. The molecule has 0 aromatic heterocycles. The number of benzene rings is 2. The lowest BCUT2D eigenvalue weighted by molar-refractivity contribution is 0.0170. The Bertz CT molecular complexity index is 954. The van der Waals surface area contributed by atoms with Gasteiger partial charge in [0.1, 0.15) is 11.4 Å². The van der Waals surface area contributed by atoms with E-state index in [0.717, 1.165) is 31.1 Å². The van der Waals surface area contributed by atoms with Gasteiger partial charge in [-0.1, -0.05) is 56.0 Å². The molecule has 33 heavy (non-hydrogen) atoms. The summed E-state index contributed by atoms with van der Waals surface area (Å²) >= 11 is 0. The second-order valence-corrected chi connectivity index (χ2v) is 7.85. The Labute approximate surface area is 196 Å². The maximum Gasteiger partial charge on any atom is 0.270 e. The molecule has 5 nitrogen and oxygen atoms in total. The molecule has 0 amide bonds. The summed E-state index contributed by atoms with van der Waals surface area (Å²) in [5.41, 5.74) is 2.33. The van der Waals surface area contributed by atoms with Gasteiger partial charge in [0.2, 0.25) is 0 Å². The van der Waals surface area contributed by atoms with Crippen molar-refractivity contribution in [2.24, 2.45) is 4.99 Å². The van der Waals surface area contributed by atoms with E-state index in [1.165, 1.54) is 12.1 Å². The fourth-order valence-corrected chi connectivity index (χ4v) is 3.41. The predicted molar refractivity (Wildman–Crippen MR) is 131 cm³/mol. The van der Waals surface area contributed by atoms with Gasteiger partial charge in [-0.2, -0.15) is 0 Å². The van der Waals surface area contributed by atoms with E-state index >= 15 is 0 Å². The highest BCUT2D eigenvalue weighted by molar-refractivity contribution is 5.37. The Morgan fingerprint density at radius 3 is 2.42 bits per heavy atom. The standard InChI is InChI=1S/C26H34F2N4O/c1-7-16-31(6)25(30-5)24(20(2)29-4)32(18-21-12-9-8-10-13-21)19-33-23-15-11-14-22(17-23)26(3,27)28/h8-15,17,29H,2,5,7,16,18-19H2,1,3-4,6H3/b25-24+. The second kappa shape index (κ2) is 12.0. The Balaban J connectivity index is 2.47. The molecule has 0 aliphatic rings. The number of alkyl halides is 2. The number of nitrogens with zero attached hydrogens (tertiary/aromatic N) is 3. The van der Waals surface area contributed by atoms with Gasteiger partial charge in [0, 0.05) is 39.7 Å². The lowest BCUT2D eigenvalue weighted by atomic mass is 10.1. The highest BCUT2D eigenvalue weighted by Gasteiger charge is 2.25. The van der Waals surface area contributed by atoms with E-state index in [2.05, 4.69) is 30.5 Å². The van der Waals surface area contributed by atoms with E-state index in [1.807, 2.05) is 47.2 Å². The summed E-state index contributed by atoms with van der Waals surface area (Å²) in [7, 11) is 3.74. The van der Waals surface area contributed by atoms with Gasteiger partial charge in [0.25, 0.3) is 5.92 Å². The van der Waals surface area contributed by atoms with E-state index < -0.39 is 5.92 Å². The zero-order valence-electron chi connectivity index (χ0n) is 19.9. The fraction of sp³-hybridized carbons (Fsp3) is 0.346. The van der Waals surface area contributed by atoms with Crippen LogP contribution in [0, 0.1) is 0 Å². The first-order chi connectivity index (χ1) is 15.7. The molecule has 0 fully saturated rings. The van der Waals surface area contributed by atoms with Gasteiger partial charge in [0.05, 0.1) is 5.70 Å². The van der Waals surface area contributed by atoms with Crippen molar-refractivity contribution in [2.45, 2.75) is 32.7 Å². The van der Waals surface area contributed by atoms with Crippen molar-refractivity contribution < 1.29 is 13.5 Å². The molecule has 0 spiro atoms. The minimum Gasteiger partial charge on any atom is -0.473 e. The average Bonchev–Trinajstić information content (AvgIpc) is 2.80. The van der Waals surface area contributed by atoms with Crippen LogP contribution in [0.15, 0.2) is 83.4 Å². The minimum absolute atomic E-state index is 0.0962. The van der Waals surface area contributed by atoms with Gasteiger partial charge in [-0.25, -0.2) is 13.8 Å². The third-order valence-corrected chi connectivity index (χ3v) is 5.13. The van der Waals surface area contributed by atoms with Crippen LogP contribution < -0.4 is 10.1 Å². The van der Waals surface area contributed by atoms with Crippen molar-refractivity contribution in [3.05, 3.63) is 89.5 Å². The van der Waals surface area contributed by atoms with Gasteiger partial charge in [0.15, 0.2) is 12.6 Å². The van der Waals surface area contributed by atoms with Crippen molar-refractivity contribution in [2.75, 3.05) is 27.4 Å². The van der Waals surface area contributed by atoms with Gasteiger partial charge in [-0.15, -0.1) is 0 Å². The van der Waals surface area contributed by atoms with Gasteiger partial charge >= 0.3 is 0 Å². The maximum absolute atomic E-state index is 13.8. The molecule has 0 saturated heterocycles. The molecule has 2 rings (SSSR count). The van der Waals surface area contributed by atoms with E-state index in [9.17, 15) is 8.78 Å². The molecule has 0 aliphatic heterocycles. The molecule has 7 heteroatoms. The van der Waals surface area contributed by atoms with Crippen LogP contribution >= 0.6 is 0 Å². The van der Waals surface area contributed by atoms with Crippen molar-refractivity contribution >= 4 is 6.72 Å². The molecular weight excluding hydrogens is 422 g/mol. The molecule has 0 atom stereocenters. The first kappa shape index (κ1) is 25.9. The maximum atomic E-state index is 13.8. The average molecular weight is 457 g/mol. The number of likely N-dealkylation sites (N-methyl/N-ethyl adjacent to an activating group) is 1. The zero-order valence-corrected chi connectivity index (χ0v) is 19.9. The van der Waals surface area contributed by atoms with Crippen LogP contribution in [-0.4, -0.2) is 43.9 Å². The molecule has 2 aromatic carbocycles. The Hall–Kier alpha value is -3.35. The van der Waals surface area contributed by atoms with Crippen molar-refractivity contribution in [3.8, 4) is 5.75 Å². The van der Waals surface area contributed by atoms with E-state index in [0.29, 0.717) is 23.8 Å². The normalized spacial score (nSPS) is 11.9. The number of ether oxygens (including phenoxy) is 1. The number of aliphatic imine (C=N–C) groups is 1. The molecule has 0 unspecified atom stereocenters. The van der Waals surface area contributed by atoms with Gasteiger partial charge in [-0.3, -0.25) is 0 Å². The molecule has 1 N–H and O–H groups in total. The second-order valence-electron chi connectivity index (χ2n) is 7.85. The molecular formula is C26H34F2N4O. The summed E-state index contributed by atoms with van der Waals surface area (Å²) in [5, 5.41) is 3.11. The topological polar surface area (TPSA) is 40.1 Å². The van der Waals surface area contributed by atoms with Crippen LogP contribution in [0.2, 0.25) is 0 Å². The SMILES string of the molecule is C=N/C(=C(/C(=C)NC)N(COc1cccc(C(C)(F)F)c1)Cc1ccccc1)N(C)CCC. The lowest BCUT2D eigenvalue weighted by Crippen LogP contribution is -2.34. The summed E-state index contributed by atoms with van der Waals surface area (Å²) in [4.78, 5) is 8.29. The van der Waals surface area contributed by atoms with E-state index in [4.69, 9.17) is 4.74 Å². The molecule has 178 valence electrons. The largest absolute Gasteiger partial charge is 0.473 e. The summed E-state index contributed by atoms with van der Waals surface area (Å²) in [6, 6.07) is 15.9. The van der Waals surface area contributed by atoms with Gasteiger partial charge < -0.3 is 19.9 Å². The molecule has 2 aromatic rings. The first-order valence-corrected chi connectivity index (χ1v) is 10.9. The van der Waals surface area contributed by atoms with Crippen LogP contribution in [-0.2, 0) is 12.5 Å². The Morgan fingerprint density at radius 2 is 1.85 bits per heavy atom. The fourth-order valence-electron chi connectivity index (χ4n) is 3.41. The van der Waals surface area contributed by atoms with Crippen molar-refractivity contribution in [1.29, 1.82) is 0 Å². The first-order valence-electron chi connectivity index (χ1n) is 10.9. The minimum atomic E-state index is -2.95. The van der Waals surface area contributed by atoms with Crippen molar-refractivity contribution in [3.63, 3.8) is 0 Å². The van der Waals surface area contributed by atoms with Crippen LogP contribution in [0.5, 0.6) is 5.75 Å². The van der Waals surface area contributed by atoms with Crippen LogP contribution in [0.25, 0.3) is 0 Å².